The Bertz CT molecular complexity index is 622. The summed E-state index contributed by atoms with van der Waals surface area (Å²) in [6.45, 7) is 3.80. The fraction of sp³-hybridized carbons (Fsp3) is 0.308. The number of carbonyl (C=O) groups excluding carboxylic acids is 2. The van der Waals surface area contributed by atoms with Crippen molar-refractivity contribution in [2.24, 2.45) is 5.10 Å². The van der Waals surface area contributed by atoms with Crippen LogP contribution in [0.1, 0.15) is 25.0 Å². The van der Waals surface area contributed by atoms with Gasteiger partial charge in [0.2, 0.25) is 5.91 Å². The Labute approximate surface area is 114 Å². The third kappa shape index (κ3) is 1.92. The van der Waals surface area contributed by atoms with Crippen molar-refractivity contribution in [1.29, 1.82) is 0 Å². The molecule has 0 radical (unpaired) electrons. The molecule has 1 aromatic rings. The monoisotopic (exact) mass is 275 g/mol. The van der Waals surface area contributed by atoms with E-state index < -0.39 is 5.41 Å². The van der Waals surface area contributed by atoms with Crippen LogP contribution in [0.15, 0.2) is 23.3 Å². The third-order valence-electron chi connectivity index (χ3n) is 3.46. The molecule has 0 spiro atoms. The molecule has 2 heterocycles. The Kier molecular flexibility index (Phi) is 2.63. The predicted octanol–water partition coefficient (Wildman–Crippen LogP) is 2.08. The lowest BCUT2D eigenvalue weighted by molar-refractivity contribution is -0.119. The second-order valence-corrected chi connectivity index (χ2v) is 6.03. The van der Waals surface area contributed by atoms with Crippen LogP contribution >= 0.6 is 11.8 Å². The molecule has 0 aromatic heterocycles. The number of fused-ring (bicyclic) bond motifs is 1. The molecule has 2 amide bonds. The minimum Gasteiger partial charge on any atom is -0.325 e. The maximum Gasteiger partial charge on any atom is 0.299 e. The van der Waals surface area contributed by atoms with Gasteiger partial charge >= 0.3 is 0 Å². The number of amides is 2. The summed E-state index contributed by atoms with van der Waals surface area (Å²) in [5.74, 6) is 0.555. The van der Waals surface area contributed by atoms with Crippen LogP contribution in [0.4, 0.5) is 10.5 Å². The SMILES string of the molecule is CC1(C)C(=O)Nc2ccc(C3=NNC(=O)SC3)cc21. The summed E-state index contributed by atoms with van der Waals surface area (Å²) in [6.07, 6.45) is 0. The number of thioether (sulfide) groups is 1. The van der Waals surface area contributed by atoms with Crippen LogP contribution in [0.25, 0.3) is 0 Å². The molecule has 0 saturated heterocycles. The van der Waals surface area contributed by atoms with Crippen molar-refractivity contribution in [3.8, 4) is 0 Å². The molecule has 0 aliphatic carbocycles. The largest absolute Gasteiger partial charge is 0.325 e. The lowest BCUT2D eigenvalue weighted by Crippen LogP contribution is -2.27. The molecule has 0 atom stereocenters. The van der Waals surface area contributed by atoms with Gasteiger partial charge in [-0.1, -0.05) is 17.8 Å². The summed E-state index contributed by atoms with van der Waals surface area (Å²) in [5.41, 5.74) is 5.51. The molecule has 5 nitrogen and oxygen atoms in total. The van der Waals surface area contributed by atoms with Gasteiger partial charge in [0.25, 0.3) is 5.24 Å². The highest BCUT2D eigenvalue weighted by Crippen LogP contribution is 2.37. The number of hydrogen-bond donors (Lipinski definition) is 2. The predicted molar refractivity (Wildman–Crippen MR) is 75.6 cm³/mol. The van der Waals surface area contributed by atoms with E-state index in [4.69, 9.17) is 0 Å². The summed E-state index contributed by atoms with van der Waals surface area (Å²) >= 11 is 1.19. The second kappa shape index (κ2) is 4.09. The van der Waals surface area contributed by atoms with Gasteiger partial charge in [0.1, 0.15) is 0 Å². The summed E-state index contributed by atoms with van der Waals surface area (Å²) in [7, 11) is 0. The summed E-state index contributed by atoms with van der Waals surface area (Å²) < 4.78 is 0. The molecule has 0 bridgehead atoms. The Morgan fingerprint density at radius 1 is 1.32 bits per heavy atom. The Balaban J connectivity index is 2.02. The van der Waals surface area contributed by atoms with E-state index in [1.807, 2.05) is 32.0 Å². The second-order valence-electron chi connectivity index (χ2n) is 5.09. The molecule has 6 heteroatoms. The van der Waals surface area contributed by atoms with Crippen molar-refractivity contribution in [3.05, 3.63) is 29.3 Å². The number of anilines is 1. The smallest absolute Gasteiger partial charge is 0.299 e. The van der Waals surface area contributed by atoms with Gasteiger partial charge in [-0.15, -0.1) is 0 Å². The van der Waals surface area contributed by atoms with Gasteiger partial charge in [-0.2, -0.15) is 5.10 Å². The van der Waals surface area contributed by atoms with Crippen molar-refractivity contribution in [2.75, 3.05) is 11.1 Å². The number of nitrogens with zero attached hydrogens (tertiary/aromatic N) is 1. The lowest BCUT2D eigenvalue weighted by atomic mass is 9.85. The average molecular weight is 275 g/mol. The first-order chi connectivity index (χ1) is 8.98. The van der Waals surface area contributed by atoms with Crippen LogP contribution < -0.4 is 10.7 Å². The van der Waals surface area contributed by atoms with Crippen molar-refractivity contribution >= 4 is 34.3 Å². The fourth-order valence-corrected chi connectivity index (χ4v) is 2.82. The quantitative estimate of drug-likeness (QED) is 0.824. The Morgan fingerprint density at radius 2 is 2.11 bits per heavy atom. The summed E-state index contributed by atoms with van der Waals surface area (Å²) in [6, 6.07) is 5.78. The molecule has 0 fully saturated rings. The van der Waals surface area contributed by atoms with Gasteiger partial charge in [-0.3, -0.25) is 9.59 Å². The van der Waals surface area contributed by atoms with Gasteiger partial charge < -0.3 is 5.32 Å². The van der Waals surface area contributed by atoms with E-state index in [2.05, 4.69) is 15.8 Å². The van der Waals surface area contributed by atoms with Crippen LogP contribution in [-0.2, 0) is 10.2 Å². The first kappa shape index (κ1) is 12.2. The zero-order valence-corrected chi connectivity index (χ0v) is 11.4. The van der Waals surface area contributed by atoms with Crippen molar-refractivity contribution in [2.45, 2.75) is 19.3 Å². The molecule has 3 rings (SSSR count). The topological polar surface area (TPSA) is 70.6 Å². The zero-order chi connectivity index (χ0) is 13.6. The molecular weight excluding hydrogens is 262 g/mol. The molecule has 0 unspecified atom stereocenters. The van der Waals surface area contributed by atoms with Gasteiger partial charge in [0.05, 0.1) is 11.1 Å². The van der Waals surface area contributed by atoms with Gasteiger partial charge in [0, 0.05) is 11.4 Å². The van der Waals surface area contributed by atoms with E-state index in [1.54, 1.807) is 0 Å². The van der Waals surface area contributed by atoms with E-state index in [0.717, 1.165) is 22.5 Å². The lowest BCUT2D eigenvalue weighted by Gasteiger charge is -2.17. The number of hydrazone groups is 1. The molecule has 1 aromatic carbocycles. The normalized spacial score (nSPS) is 20.4. The zero-order valence-electron chi connectivity index (χ0n) is 10.6. The maximum atomic E-state index is 11.9. The number of nitrogens with one attached hydrogen (secondary N) is 2. The standard InChI is InChI=1S/C13H13N3O2S/c1-13(2)8-5-7(3-4-9(8)14-11(13)17)10-6-19-12(18)16-15-10/h3-5H,6H2,1-2H3,(H,14,17)(H,16,18). The molecule has 2 aliphatic heterocycles. The number of benzene rings is 1. The highest BCUT2D eigenvalue weighted by Gasteiger charge is 2.38. The van der Waals surface area contributed by atoms with Gasteiger partial charge in [-0.05, 0) is 37.1 Å². The first-order valence-electron chi connectivity index (χ1n) is 5.94. The minimum atomic E-state index is -0.531. The Morgan fingerprint density at radius 3 is 2.79 bits per heavy atom. The third-order valence-corrected chi connectivity index (χ3v) is 4.24. The summed E-state index contributed by atoms with van der Waals surface area (Å²) in [5, 5.41) is 6.80. The van der Waals surface area contributed by atoms with Crippen LogP contribution in [0.2, 0.25) is 0 Å². The summed E-state index contributed by atoms with van der Waals surface area (Å²) in [4.78, 5) is 22.9. The van der Waals surface area contributed by atoms with Crippen LogP contribution in [0.5, 0.6) is 0 Å². The van der Waals surface area contributed by atoms with E-state index in [-0.39, 0.29) is 11.1 Å². The maximum absolute atomic E-state index is 11.9. The van der Waals surface area contributed by atoms with Crippen LogP contribution in [0, 0.1) is 0 Å². The first-order valence-corrected chi connectivity index (χ1v) is 6.93. The number of carbonyl (C=O) groups is 2. The van der Waals surface area contributed by atoms with Gasteiger partial charge in [0.15, 0.2) is 0 Å². The van der Waals surface area contributed by atoms with Crippen molar-refractivity contribution in [1.82, 2.24) is 5.43 Å². The van der Waals surface area contributed by atoms with Gasteiger partial charge in [-0.25, -0.2) is 5.43 Å². The van der Waals surface area contributed by atoms with E-state index in [9.17, 15) is 9.59 Å². The molecule has 2 N–H and O–H groups in total. The molecule has 19 heavy (non-hydrogen) atoms. The molecule has 0 saturated carbocycles. The van der Waals surface area contributed by atoms with Crippen LogP contribution in [-0.4, -0.2) is 22.6 Å². The highest BCUT2D eigenvalue weighted by molar-refractivity contribution is 8.14. The van der Waals surface area contributed by atoms with Crippen molar-refractivity contribution < 1.29 is 9.59 Å². The molecule has 98 valence electrons. The molecular formula is C13H13N3O2S. The highest BCUT2D eigenvalue weighted by atomic mass is 32.2. The fourth-order valence-electron chi connectivity index (χ4n) is 2.21. The van der Waals surface area contributed by atoms with Crippen LogP contribution in [0.3, 0.4) is 0 Å². The van der Waals surface area contributed by atoms with E-state index >= 15 is 0 Å². The number of hydrogen-bond acceptors (Lipinski definition) is 4. The van der Waals surface area contributed by atoms with E-state index in [0.29, 0.717) is 5.75 Å². The Hall–Kier alpha value is -1.82. The van der Waals surface area contributed by atoms with E-state index in [1.165, 1.54) is 11.8 Å². The van der Waals surface area contributed by atoms with Crippen molar-refractivity contribution in [3.63, 3.8) is 0 Å². The number of rotatable bonds is 1. The average Bonchev–Trinajstić information content (AvgIpc) is 2.61. The minimum absolute atomic E-state index is 0.00732. The molecule has 2 aliphatic rings.